The molecule has 0 aromatic heterocycles. The quantitative estimate of drug-likeness (QED) is 0.613. The molecule has 0 heterocycles. The molecule has 2 saturated carbocycles. The van der Waals surface area contributed by atoms with Crippen LogP contribution in [-0.2, 0) is 0 Å². The third-order valence-electron chi connectivity index (χ3n) is 4.25. The zero-order valence-corrected chi connectivity index (χ0v) is 7.51. The van der Waals surface area contributed by atoms with Crippen molar-refractivity contribution >= 4 is 0 Å². The van der Waals surface area contributed by atoms with E-state index >= 15 is 0 Å². The van der Waals surface area contributed by atoms with Crippen LogP contribution in [-0.4, -0.2) is 11.7 Å². The fourth-order valence-electron chi connectivity index (χ4n) is 3.35. The predicted octanol–water partition coefficient (Wildman–Crippen LogP) is 2.05. The number of hydrogen-bond acceptors (Lipinski definition) is 1. The average Bonchev–Trinajstić information content (AvgIpc) is 2.44. The maximum absolute atomic E-state index is 9.22. The first kappa shape index (κ1) is 7.60. The Balaban J connectivity index is 2.21. The van der Waals surface area contributed by atoms with Crippen LogP contribution >= 0.6 is 0 Å². The van der Waals surface area contributed by atoms with E-state index in [1.54, 1.807) is 0 Å². The summed E-state index contributed by atoms with van der Waals surface area (Å²) in [5, 5.41) is 9.22. The Bertz CT molecular complexity index is 162. The molecule has 0 amide bonds. The van der Waals surface area contributed by atoms with Gasteiger partial charge in [-0.05, 0) is 42.4 Å². The molecular weight excluding hydrogens is 136 g/mol. The number of rotatable bonds is 1. The molecule has 2 aliphatic rings. The van der Waals surface area contributed by atoms with Gasteiger partial charge in [0.25, 0.3) is 0 Å². The van der Waals surface area contributed by atoms with Crippen molar-refractivity contribution in [2.45, 2.75) is 33.1 Å². The summed E-state index contributed by atoms with van der Waals surface area (Å²) in [6.45, 7) is 5.07. The van der Waals surface area contributed by atoms with Crippen LogP contribution in [0.2, 0.25) is 0 Å². The van der Waals surface area contributed by atoms with Crippen LogP contribution in [0.1, 0.15) is 33.1 Å². The topological polar surface area (TPSA) is 20.2 Å². The second kappa shape index (κ2) is 2.22. The van der Waals surface area contributed by atoms with Crippen LogP contribution in [0.5, 0.6) is 0 Å². The Morgan fingerprint density at radius 2 is 2.09 bits per heavy atom. The smallest absolute Gasteiger partial charge is 0.0467 e. The van der Waals surface area contributed by atoms with Crippen molar-refractivity contribution in [2.24, 2.45) is 23.2 Å². The zero-order chi connectivity index (χ0) is 8.06. The maximum atomic E-state index is 9.22. The lowest BCUT2D eigenvalue weighted by Gasteiger charge is -2.37. The van der Waals surface area contributed by atoms with Crippen LogP contribution in [0.4, 0.5) is 0 Å². The Hall–Kier alpha value is -0.0400. The lowest BCUT2D eigenvalue weighted by atomic mass is 9.69. The van der Waals surface area contributed by atoms with Gasteiger partial charge in [0.2, 0.25) is 0 Å². The molecular formula is C10H18O. The van der Waals surface area contributed by atoms with Gasteiger partial charge >= 0.3 is 0 Å². The van der Waals surface area contributed by atoms with Gasteiger partial charge in [0.15, 0.2) is 0 Å². The van der Waals surface area contributed by atoms with E-state index in [9.17, 15) is 5.11 Å². The fraction of sp³-hybridized carbons (Fsp3) is 1.00. The molecule has 11 heavy (non-hydrogen) atoms. The van der Waals surface area contributed by atoms with Crippen LogP contribution in [0.25, 0.3) is 0 Å². The van der Waals surface area contributed by atoms with Gasteiger partial charge in [-0.25, -0.2) is 0 Å². The number of fused-ring (bicyclic) bond motifs is 2. The molecule has 1 heteroatoms. The molecule has 2 unspecified atom stereocenters. The third kappa shape index (κ3) is 0.868. The van der Waals surface area contributed by atoms with Gasteiger partial charge in [-0.3, -0.25) is 0 Å². The highest BCUT2D eigenvalue weighted by molar-refractivity contribution is 5.01. The molecule has 2 aliphatic carbocycles. The van der Waals surface area contributed by atoms with E-state index in [-0.39, 0.29) is 0 Å². The Morgan fingerprint density at radius 3 is 2.45 bits per heavy atom. The molecule has 2 bridgehead atoms. The first-order valence-electron chi connectivity index (χ1n) is 4.77. The van der Waals surface area contributed by atoms with Gasteiger partial charge in [-0.1, -0.05) is 13.8 Å². The van der Waals surface area contributed by atoms with Crippen molar-refractivity contribution in [3.63, 3.8) is 0 Å². The second-order valence-corrected chi connectivity index (χ2v) is 4.88. The summed E-state index contributed by atoms with van der Waals surface area (Å²) >= 11 is 0. The largest absolute Gasteiger partial charge is 0.396 e. The molecule has 1 N–H and O–H groups in total. The summed E-state index contributed by atoms with van der Waals surface area (Å²) in [7, 11) is 0. The van der Waals surface area contributed by atoms with Gasteiger partial charge in [0.05, 0.1) is 0 Å². The molecule has 2 fully saturated rings. The van der Waals surface area contributed by atoms with Gasteiger partial charge in [0.1, 0.15) is 0 Å². The summed E-state index contributed by atoms with van der Waals surface area (Å²) in [4.78, 5) is 0. The number of aliphatic hydroxyl groups excluding tert-OH is 1. The van der Waals surface area contributed by atoms with Crippen LogP contribution in [0.3, 0.4) is 0 Å². The molecule has 3 atom stereocenters. The normalized spacial score (nSPS) is 46.6. The third-order valence-corrected chi connectivity index (χ3v) is 4.25. The van der Waals surface area contributed by atoms with Gasteiger partial charge in [-0.2, -0.15) is 0 Å². The molecule has 64 valence electrons. The molecule has 0 radical (unpaired) electrons. The second-order valence-electron chi connectivity index (χ2n) is 4.88. The van der Waals surface area contributed by atoms with Crippen molar-refractivity contribution in [1.82, 2.24) is 0 Å². The summed E-state index contributed by atoms with van der Waals surface area (Å²) < 4.78 is 0. The fourth-order valence-corrected chi connectivity index (χ4v) is 3.35. The van der Waals surface area contributed by atoms with E-state index < -0.39 is 0 Å². The molecule has 2 rings (SSSR count). The lowest BCUT2D eigenvalue weighted by Crippen LogP contribution is -2.32. The first-order valence-corrected chi connectivity index (χ1v) is 4.77. The highest BCUT2D eigenvalue weighted by Crippen LogP contribution is 2.58. The van der Waals surface area contributed by atoms with E-state index in [0.717, 1.165) is 11.8 Å². The first-order chi connectivity index (χ1) is 5.16. The Morgan fingerprint density at radius 1 is 1.36 bits per heavy atom. The van der Waals surface area contributed by atoms with Gasteiger partial charge in [-0.15, -0.1) is 0 Å². The van der Waals surface area contributed by atoms with Gasteiger partial charge in [0, 0.05) is 6.61 Å². The molecule has 0 aromatic rings. The average molecular weight is 154 g/mol. The van der Waals surface area contributed by atoms with Crippen LogP contribution in [0, 0.1) is 23.2 Å². The van der Waals surface area contributed by atoms with E-state index in [1.807, 2.05) is 0 Å². The summed E-state index contributed by atoms with van der Waals surface area (Å²) in [5.74, 6) is 2.35. The van der Waals surface area contributed by atoms with E-state index in [0.29, 0.717) is 17.9 Å². The highest BCUT2D eigenvalue weighted by Gasteiger charge is 2.51. The molecule has 0 aliphatic heterocycles. The Labute approximate surface area is 68.8 Å². The maximum Gasteiger partial charge on any atom is 0.0467 e. The SMILES string of the molecule is CC1(C)C2CC[C@@H](C2)C1CO. The molecule has 1 nitrogen and oxygen atoms in total. The van der Waals surface area contributed by atoms with Crippen LogP contribution in [0.15, 0.2) is 0 Å². The van der Waals surface area contributed by atoms with E-state index in [4.69, 9.17) is 0 Å². The summed E-state index contributed by atoms with van der Waals surface area (Å²) in [5.41, 5.74) is 0.428. The zero-order valence-electron chi connectivity index (χ0n) is 7.51. The van der Waals surface area contributed by atoms with Crippen molar-refractivity contribution in [1.29, 1.82) is 0 Å². The highest BCUT2D eigenvalue weighted by atomic mass is 16.3. The Kier molecular flexibility index (Phi) is 1.54. The summed E-state index contributed by atoms with van der Waals surface area (Å²) in [6.07, 6.45) is 4.17. The number of aliphatic hydroxyl groups is 1. The number of hydrogen-bond donors (Lipinski definition) is 1. The minimum Gasteiger partial charge on any atom is -0.396 e. The summed E-state index contributed by atoms with van der Waals surface area (Å²) in [6, 6.07) is 0. The minimum atomic E-state index is 0.411. The van der Waals surface area contributed by atoms with E-state index in [2.05, 4.69) is 13.8 Å². The molecule has 0 saturated heterocycles. The minimum absolute atomic E-state index is 0.411. The van der Waals surface area contributed by atoms with Crippen molar-refractivity contribution in [3.05, 3.63) is 0 Å². The predicted molar refractivity (Wildman–Crippen MR) is 45.2 cm³/mol. The standard InChI is InChI=1S/C10H18O/c1-10(2)8-4-3-7(5-8)9(10)6-11/h7-9,11H,3-6H2,1-2H3/t7-,8?,9?/m0/s1. The van der Waals surface area contributed by atoms with Crippen molar-refractivity contribution in [3.8, 4) is 0 Å². The van der Waals surface area contributed by atoms with E-state index in [1.165, 1.54) is 19.3 Å². The van der Waals surface area contributed by atoms with Crippen molar-refractivity contribution < 1.29 is 5.11 Å². The monoisotopic (exact) mass is 154 g/mol. The molecule has 0 spiro atoms. The van der Waals surface area contributed by atoms with Crippen LogP contribution < -0.4 is 0 Å². The lowest BCUT2D eigenvalue weighted by molar-refractivity contribution is 0.0638. The van der Waals surface area contributed by atoms with Crippen molar-refractivity contribution in [2.75, 3.05) is 6.61 Å². The van der Waals surface area contributed by atoms with Gasteiger partial charge < -0.3 is 5.11 Å². The molecule has 0 aromatic carbocycles.